The van der Waals surface area contributed by atoms with Gasteiger partial charge in [0, 0.05) is 18.9 Å². The minimum atomic E-state index is 0.352. The summed E-state index contributed by atoms with van der Waals surface area (Å²) in [7, 11) is 0. The van der Waals surface area contributed by atoms with Gasteiger partial charge in [-0.1, -0.05) is 30.3 Å². The third-order valence-electron chi connectivity index (χ3n) is 3.00. The van der Waals surface area contributed by atoms with E-state index < -0.39 is 0 Å². The first-order valence-electron chi connectivity index (χ1n) is 5.96. The Morgan fingerprint density at radius 3 is 2.69 bits per heavy atom. The van der Waals surface area contributed by atoms with Gasteiger partial charge in [-0.2, -0.15) is 0 Å². The Labute approximate surface area is 97.8 Å². The molecule has 2 rings (SSSR count). The predicted octanol–water partition coefficient (Wildman–Crippen LogP) is 3.22. The second-order valence-corrected chi connectivity index (χ2v) is 4.50. The van der Waals surface area contributed by atoms with Crippen LogP contribution in [0.5, 0.6) is 0 Å². The summed E-state index contributed by atoms with van der Waals surface area (Å²) in [6, 6.07) is 10.4. The number of hydrogen-bond acceptors (Lipinski definition) is 1. The van der Waals surface area contributed by atoms with E-state index in [1.54, 1.807) is 0 Å². The fourth-order valence-electron chi connectivity index (χ4n) is 1.80. The zero-order valence-electron chi connectivity index (χ0n) is 9.56. The molecule has 0 N–H and O–H groups in total. The molecule has 84 valence electrons. The van der Waals surface area contributed by atoms with Crippen molar-refractivity contribution in [2.45, 2.75) is 25.2 Å². The Morgan fingerprint density at radius 2 is 2.06 bits per heavy atom. The highest BCUT2D eigenvalue weighted by atomic mass is 16.5. The van der Waals surface area contributed by atoms with Crippen LogP contribution in [0, 0.1) is 18.3 Å². The van der Waals surface area contributed by atoms with E-state index in [2.05, 4.69) is 30.2 Å². The minimum Gasteiger partial charge on any atom is -0.380 e. The molecule has 0 bridgehead atoms. The summed E-state index contributed by atoms with van der Waals surface area (Å²) >= 11 is 0. The molecule has 0 heterocycles. The zero-order valence-corrected chi connectivity index (χ0v) is 9.56. The quantitative estimate of drug-likeness (QED) is 0.661. The van der Waals surface area contributed by atoms with Crippen LogP contribution >= 0.6 is 0 Å². The maximum absolute atomic E-state index is 5.73. The molecule has 1 saturated carbocycles. The lowest BCUT2D eigenvalue weighted by Crippen LogP contribution is -2.09. The highest BCUT2D eigenvalue weighted by Crippen LogP contribution is 2.29. The van der Waals surface area contributed by atoms with Crippen LogP contribution in [0.1, 0.15) is 30.7 Å². The summed E-state index contributed by atoms with van der Waals surface area (Å²) < 4.78 is 5.73. The normalized spacial score (nSPS) is 16.7. The van der Waals surface area contributed by atoms with E-state index >= 15 is 0 Å². The van der Waals surface area contributed by atoms with E-state index in [1.165, 1.54) is 18.4 Å². The van der Waals surface area contributed by atoms with Gasteiger partial charge < -0.3 is 4.74 Å². The first-order chi connectivity index (χ1) is 7.90. The molecule has 1 atom stereocenters. The van der Waals surface area contributed by atoms with Crippen LogP contribution in [0.4, 0.5) is 0 Å². The highest BCUT2D eigenvalue weighted by molar-refractivity contribution is 5.21. The molecule has 1 nitrogen and oxygen atoms in total. The lowest BCUT2D eigenvalue weighted by Gasteiger charge is -2.14. The van der Waals surface area contributed by atoms with Gasteiger partial charge in [0.15, 0.2) is 0 Å². The largest absolute Gasteiger partial charge is 0.380 e. The summed E-state index contributed by atoms with van der Waals surface area (Å²) in [5, 5.41) is 0. The molecule has 0 aromatic heterocycles. The average Bonchev–Trinajstić information content (AvgIpc) is 3.13. The minimum absolute atomic E-state index is 0.352. The molecule has 16 heavy (non-hydrogen) atoms. The van der Waals surface area contributed by atoms with Gasteiger partial charge in [-0.05, 0) is 24.3 Å². The summed E-state index contributed by atoms with van der Waals surface area (Å²) in [5.41, 5.74) is 1.29. The molecule has 1 unspecified atom stereocenters. The molecule has 1 aromatic carbocycles. The maximum atomic E-state index is 5.73. The Bertz CT molecular complexity index is 345. The van der Waals surface area contributed by atoms with Crippen LogP contribution in [0.2, 0.25) is 0 Å². The topological polar surface area (TPSA) is 9.23 Å². The van der Waals surface area contributed by atoms with Gasteiger partial charge in [0.25, 0.3) is 0 Å². The van der Waals surface area contributed by atoms with Crippen LogP contribution in [-0.2, 0) is 4.74 Å². The third kappa shape index (κ3) is 3.40. The first kappa shape index (κ1) is 11.2. The molecule has 0 saturated heterocycles. The lowest BCUT2D eigenvalue weighted by molar-refractivity contribution is 0.111. The molecule has 0 radical (unpaired) electrons. The van der Waals surface area contributed by atoms with Crippen LogP contribution in [-0.4, -0.2) is 13.2 Å². The fraction of sp³-hybridized carbons (Fsp3) is 0.467. The summed E-state index contributed by atoms with van der Waals surface area (Å²) in [6.45, 7) is 1.67. The lowest BCUT2D eigenvalue weighted by atomic mass is 9.97. The summed E-state index contributed by atoms with van der Waals surface area (Å²) in [5.74, 6) is 3.91. The third-order valence-corrected chi connectivity index (χ3v) is 3.00. The molecule has 0 aliphatic heterocycles. The molecular formula is C15H18O. The maximum Gasteiger partial charge on any atom is 0.0544 e. The van der Waals surface area contributed by atoms with Crippen molar-refractivity contribution in [1.82, 2.24) is 0 Å². The molecule has 1 heteroatoms. The first-order valence-corrected chi connectivity index (χ1v) is 5.96. The van der Waals surface area contributed by atoms with Crippen molar-refractivity contribution in [3.63, 3.8) is 0 Å². The van der Waals surface area contributed by atoms with Crippen LogP contribution < -0.4 is 0 Å². The van der Waals surface area contributed by atoms with Gasteiger partial charge in [-0.3, -0.25) is 0 Å². The van der Waals surface area contributed by atoms with E-state index in [9.17, 15) is 0 Å². The van der Waals surface area contributed by atoms with E-state index in [0.717, 1.165) is 25.6 Å². The highest BCUT2D eigenvalue weighted by Gasteiger charge is 2.21. The fourth-order valence-corrected chi connectivity index (χ4v) is 1.80. The number of ether oxygens (including phenoxy) is 1. The van der Waals surface area contributed by atoms with Crippen LogP contribution in [0.25, 0.3) is 0 Å². The van der Waals surface area contributed by atoms with Gasteiger partial charge in [0.05, 0.1) is 6.61 Å². The Hall–Kier alpha value is -1.26. The predicted molar refractivity (Wildman–Crippen MR) is 66.2 cm³/mol. The molecule has 1 fully saturated rings. The Kier molecular flexibility index (Phi) is 4.02. The smallest absolute Gasteiger partial charge is 0.0544 e. The Balaban J connectivity index is 1.86. The molecule has 1 aromatic rings. The second kappa shape index (κ2) is 5.72. The van der Waals surface area contributed by atoms with E-state index in [4.69, 9.17) is 11.2 Å². The van der Waals surface area contributed by atoms with Gasteiger partial charge in [-0.25, -0.2) is 0 Å². The molecule has 0 amide bonds. The number of hydrogen-bond donors (Lipinski definition) is 0. The standard InChI is InChI=1S/C15H18O/c1-2-6-15(12-16-11-13-9-10-13)14-7-4-3-5-8-14/h1,3-5,7-8,13,15H,6,9-12H2. The van der Waals surface area contributed by atoms with Crippen molar-refractivity contribution in [2.75, 3.05) is 13.2 Å². The second-order valence-electron chi connectivity index (χ2n) is 4.50. The van der Waals surface area contributed by atoms with Crippen molar-refractivity contribution in [1.29, 1.82) is 0 Å². The van der Waals surface area contributed by atoms with Crippen molar-refractivity contribution >= 4 is 0 Å². The van der Waals surface area contributed by atoms with Gasteiger partial charge >= 0.3 is 0 Å². The van der Waals surface area contributed by atoms with Crippen molar-refractivity contribution in [3.8, 4) is 12.3 Å². The SMILES string of the molecule is C#CCC(COCC1CC1)c1ccccc1. The Morgan fingerprint density at radius 1 is 1.31 bits per heavy atom. The molecule has 1 aliphatic carbocycles. The molecule has 1 aliphatic rings. The van der Waals surface area contributed by atoms with Gasteiger partial charge in [0.1, 0.15) is 0 Å². The van der Waals surface area contributed by atoms with E-state index in [-0.39, 0.29) is 0 Å². The van der Waals surface area contributed by atoms with E-state index in [1.807, 2.05) is 6.07 Å². The van der Waals surface area contributed by atoms with Crippen molar-refractivity contribution < 1.29 is 4.74 Å². The van der Waals surface area contributed by atoms with Crippen molar-refractivity contribution in [3.05, 3.63) is 35.9 Å². The monoisotopic (exact) mass is 214 g/mol. The zero-order chi connectivity index (χ0) is 11.2. The molecule has 0 spiro atoms. The molecular weight excluding hydrogens is 196 g/mol. The van der Waals surface area contributed by atoms with E-state index in [0.29, 0.717) is 5.92 Å². The number of terminal acetylenes is 1. The van der Waals surface area contributed by atoms with Gasteiger partial charge in [0.2, 0.25) is 0 Å². The van der Waals surface area contributed by atoms with Crippen LogP contribution in [0.3, 0.4) is 0 Å². The number of rotatable bonds is 6. The number of benzene rings is 1. The van der Waals surface area contributed by atoms with Crippen LogP contribution in [0.15, 0.2) is 30.3 Å². The van der Waals surface area contributed by atoms with Gasteiger partial charge in [-0.15, -0.1) is 12.3 Å². The average molecular weight is 214 g/mol. The summed E-state index contributed by atoms with van der Waals surface area (Å²) in [4.78, 5) is 0. The summed E-state index contributed by atoms with van der Waals surface area (Å²) in [6.07, 6.45) is 8.84. The van der Waals surface area contributed by atoms with Crippen molar-refractivity contribution in [2.24, 2.45) is 5.92 Å².